The Hall–Kier alpha value is -5.54. The fourth-order valence-corrected chi connectivity index (χ4v) is 12.3. The van der Waals surface area contributed by atoms with Crippen molar-refractivity contribution >= 4 is 21.6 Å². The lowest BCUT2D eigenvalue weighted by Gasteiger charge is -2.26. The summed E-state index contributed by atoms with van der Waals surface area (Å²) in [7, 11) is 4.11. The fourth-order valence-electron chi connectivity index (χ4n) is 8.91. The Kier molecular flexibility index (Phi) is 13.4. The minimum Gasteiger partial charge on any atom is -0.0853 e. The van der Waals surface area contributed by atoms with Crippen LogP contribution in [0.25, 0.3) is 66.8 Å². The van der Waals surface area contributed by atoms with Gasteiger partial charge in [0.05, 0.1) is 0 Å². The summed E-state index contributed by atoms with van der Waals surface area (Å²) in [5.74, 6) is 0. The quantitative estimate of drug-likeness (QED) is 0.106. The Morgan fingerprint density at radius 3 is 0.742 bits per heavy atom. The summed E-state index contributed by atoms with van der Waals surface area (Å²) in [6, 6.07) is 64.3. The number of aryl methyl sites for hydroxylation is 6. The lowest BCUT2D eigenvalue weighted by atomic mass is 9.85. The van der Waals surface area contributed by atoms with E-state index >= 15 is 0 Å². The van der Waals surface area contributed by atoms with E-state index in [1.165, 1.54) is 111 Å². The lowest BCUT2D eigenvalue weighted by molar-refractivity contribution is 0.895. The molecular formula is C60H58S2. The molecule has 0 spiro atoms. The Morgan fingerprint density at radius 2 is 0.516 bits per heavy atom. The van der Waals surface area contributed by atoms with Gasteiger partial charge in [-0.3, -0.25) is 0 Å². The molecule has 0 saturated carbocycles. The van der Waals surface area contributed by atoms with Crippen molar-refractivity contribution in [2.24, 2.45) is 0 Å². The second-order valence-corrected chi connectivity index (χ2v) is 19.9. The predicted molar refractivity (Wildman–Crippen MR) is 275 cm³/mol. The maximum absolute atomic E-state index is 2.54. The number of hydrogen-bond acceptors (Lipinski definition) is 2. The van der Waals surface area contributed by atoms with Gasteiger partial charge >= 0.3 is 0 Å². The van der Waals surface area contributed by atoms with Gasteiger partial charge in [-0.1, -0.05) is 214 Å². The molecule has 2 heteroatoms. The van der Waals surface area contributed by atoms with Crippen molar-refractivity contribution in [2.75, 3.05) is 0 Å². The highest BCUT2D eigenvalue weighted by Gasteiger charge is 2.25. The van der Waals surface area contributed by atoms with Crippen LogP contribution < -0.4 is 0 Å². The van der Waals surface area contributed by atoms with Crippen molar-refractivity contribution in [1.29, 1.82) is 0 Å². The first kappa shape index (κ1) is 43.1. The van der Waals surface area contributed by atoms with Crippen LogP contribution in [0.4, 0.5) is 0 Å². The van der Waals surface area contributed by atoms with Crippen LogP contribution in [0.5, 0.6) is 0 Å². The Bertz CT molecular complexity index is 2670. The van der Waals surface area contributed by atoms with Crippen molar-refractivity contribution in [2.45, 2.75) is 78.7 Å². The zero-order valence-electron chi connectivity index (χ0n) is 37.6. The fraction of sp³-hybridized carbons (Fsp3) is 0.200. The second kappa shape index (κ2) is 19.2. The molecule has 0 aliphatic carbocycles. The summed E-state index contributed by atoms with van der Waals surface area (Å²) in [6.45, 7) is 17.9. The number of hydrogen-bond donors (Lipinski definition) is 0. The molecule has 62 heavy (non-hydrogen) atoms. The van der Waals surface area contributed by atoms with E-state index in [-0.39, 0.29) is 10.5 Å². The molecule has 310 valence electrons. The molecule has 0 aromatic heterocycles. The van der Waals surface area contributed by atoms with Gasteiger partial charge in [0.25, 0.3) is 0 Å². The van der Waals surface area contributed by atoms with Crippen LogP contribution in [-0.2, 0) is 0 Å². The van der Waals surface area contributed by atoms with Crippen molar-refractivity contribution in [3.05, 3.63) is 214 Å². The molecular weight excluding hydrogens is 785 g/mol. The summed E-state index contributed by atoms with van der Waals surface area (Å²) in [5.41, 5.74) is 25.8. The topological polar surface area (TPSA) is 0 Å². The van der Waals surface area contributed by atoms with E-state index in [9.17, 15) is 0 Å². The van der Waals surface area contributed by atoms with E-state index in [0.717, 1.165) is 12.8 Å². The van der Waals surface area contributed by atoms with E-state index in [2.05, 4.69) is 247 Å². The summed E-state index contributed by atoms with van der Waals surface area (Å²) < 4.78 is 0. The molecule has 0 fully saturated rings. The van der Waals surface area contributed by atoms with E-state index in [4.69, 9.17) is 0 Å². The van der Waals surface area contributed by atoms with Gasteiger partial charge in [0.2, 0.25) is 0 Å². The normalized spacial score (nSPS) is 12.3. The molecule has 8 aromatic carbocycles. The van der Waals surface area contributed by atoms with Crippen molar-refractivity contribution in [3.63, 3.8) is 0 Å². The minimum atomic E-state index is 0.255. The highest BCUT2D eigenvalue weighted by atomic mass is 33.1. The van der Waals surface area contributed by atoms with Crippen LogP contribution in [0.3, 0.4) is 0 Å². The largest absolute Gasteiger partial charge is 0.0853 e. The highest BCUT2D eigenvalue weighted by molar-refractivity contribution is 8.76. The molecule has 0 radical (unpaired) electrons. The standard InChI is InChI=1S/C60H58S2/c1-9-59(57-37-53(47-25-13-19-41(5)31-47)51(45-23-11-17-39(3)29-45)35-55(57)49-27-15-21-43(7)33-49)61-62-60(10-2)58-38-54(48-26-14-20-42(6)32-48)52(46-24-12-18-40(4)30-46)36-56(58)50-28-16-22-44(8)34-50/h11-38,59-60H,9-10H2,1-8H3/t59-,60-/m1/s1. The predicted octanol–water partition coefficient (Wildman–Crippen LogP) is 18.5. The molecule has 0 aliphatic heterocycles. The van der Waals surface area contributed by atoms with Gasteiger partial charge in [0, 0.05) is 10.5 Å². The molecule has 8 rings (SSSR count). The van der Waals surface area contributed by atoms with Gasteiger partial charge in [0.15, 0.2) is 0 Å². The van der Waals surface area contributed by atoms with Crippen LogP contribution >= 0.6 is 21.6 Å². The molecule has 0 saturated heterocycles. The van der Waals surface area contributed by atoms with E-state index in [1.807, 2.05) is 0 Å². The summed E-state index contributed by atoms with van der Waals surface area (Å²) >= 11 is 0. The smallest absolute Gasteiger partial charge is 0.0405 e. The monoisotopic (exact) mass is 842 g/mol. The first-order valence-corrected chi connectivity index (χ1v) is 24.5. The second-order valence-electron chi connectivity index (χ2n) is 17.2. The summed E-state index contributed by atoms with van der Waals surface area (Å²) in [6.07, 6.45) is 2.02. The molecule has 0 amide bonds. The molecule has 0 N–H and O–H groups in total. The maximum atomic E-state index is 2.54. The zero-order chi connectivity index (χ0) is 43.3. The molecule has 0 aliphatic rings. The van der Waals surface area contributed by atoms with Crippen LogP contribution in [0.1, 0.15) is 81.7 Å². The first-order chi connectivity index (χ1) is 30.1. The van der Waals surface area contributed by atoms with E-state index in [0.29, 0.717) is 0 Å². The minimum absolute atomic E-state index is 0.255. The van der Waals surface area contributed by atoms with Gasteiger partial charge in [-0.2, -0.15) is 0 Å². The van der Waals surface area contributed by atoms with Crippen LogP contribution in [-0.4, -0.2) is 0 Å². The highest BCUT2D eigenvalue weighted by Crippen LogP contribution is 2.54. The van der Waals surface area contributed by atoms with Gasteiger partial charge in [-0.25, -0.2) is 0 Å². The Labute approximate surface area is 379 Å². The van der Waals surface area contributed by atoms with Crippen molar-refractivity contribution < 1.29 is 0 Å². The number of benzene rings is 8. The maximum Gasteiger partial charge on any atom is 0.0405 e. The molecule has 2 atom stereocenters. The van der Waals surface area contributed by atoms with Crippen LogP contribution in [0.2, 0.25) is 0 Å². The molecule has 0 bridgehead atoms. The van der Waals surface area contributed by atoms with Crippen LogP contribution in [0, 0.1) is 41.5 Å². The molecule has 0 unspecified atom stereocenters. The molecule has 8 aromatic rings. The van der Waals surface area contributed by atoms with Gasteiger partial charge in [0.1, 0.15) is 0 Å². The van der Waals surface area contributed by atoms with Crippen LogP contribution in [0.15, 0.2) is 170 Å². The van der Waals surface area contributed by atoms with Gasteiger partial charge in [-0.05, 0) is 157 Å². The third kappa shape index (κ3) is 9.58. The average Bonchev–Trinajstić information content (AvgIpc) is 3.27. The third-order valence-electron chi connectivity index (χ3n) is 12.1. The molecule has 0 heterocycles. The Morgan fingerprint density at radius 1 is 0.290 bits per heavy atom. The average molecular weight is 843 g/mol. The van der Waals surface area contributed by atoms with E-state index in [1.54, 1.807) is 0 Å². The van der Waals surface area contributed by atoms with Gasteiger partial charge < -0.3 is 0 Å². The third-order valence-corrected chi connectivity index (χ3v) is 15.6. The lowest BCUT2D eigenvalue weighted by Crippen LogP contribution is -2.01. The Balaban J connectivity index is 1.28. The number of rotatable bonds is 13. The first-order valence-electron chi connectivity index (χ1n) is 22.2. The SMILES string of the molecule is CC[C@@H](SS[C@H](CC)c1cc(-c2cccc(C)c2)c(-c2cccc(C)c2)cc1-c1cccc(C)c1)c1cc(-c2cccc(C)c2)c(-c2cccc(C)c2)cc1-c1cccc(C)c1. The zero-order valence-corrected chi connectivity index (χ0v) is 39.2. The van der Waals surface area contributed by atoms with Crippen molar-refractivity contribution in [3.8, 4) is 66.8 Å². The van der Waals surface area contributed by atoms with Gasteiger partial charge in [-0.15, -0.1) is 0 Å². The molecule has 0 nitrogen and oxygen atoms in total. The summed E-state index contributed by atoms with van der Waals surface area (Å²) in [5, 5.41) is 0.509. The summed E-state index contributed by atoms with van der Waals surface area (Å²) in [4.78, 5) is 0. The van der Waals surface area contributed by atoms with E-state index < -0.39 is 0 Å². The van der Waals surface area contributed by atoms with Crippen molar-refractivity contribution in [1.82, 2.24) is 0 Å².